The number of benzene rings is 2. The Morgan fingerprint density at radius 3 is 2.06 bits per heavy atom. The fraction of sp³-hybridized carbons (Fsp3) is 0.333. The Balaban J connectivity index is 2.33. The molecule has 9 N–H and O–H groups in total. The summed E-state index contributed by atoms with van der Waals surface area (Å²) in [5, 5.41) is 2.53. The maximum atomic E-state index is 13.6. The molecule has 4 amide bonds. The molecule has 2 aromatic rings. The summed E-state index contributed by atoms with van der Waals surface area (Å²) in [6.07, 6.45) is 0.781. The van der Waals surface area contributed by atoms with Crippen molar-refractivity contribution in [3.63, 3.8) is 0 Å². The minimum absolute atomic E-state index is 0.0373. The maximum absolute atomic E-state index is 13.6. The van der Waals surface area contributed by atoms with E-state index in [1.54, 1.807) is 12.1 Å². The average molecular weight is 468 g/mol. The monoisotopic (exact) mass is 467 g/mol. The second-order valence-electron chi connectivity index (χ2n) is 8.21. The first-order valence-corrected chi connectivity index (χ1v) is 10.9. The molecule has 34 heavy (non-hydrogen) atoms. The van der Waals surface area contributed by atoms with Gasteiger partial charge in [0, 0.05) is 25.2 Å². The van der Waals surface area contributed by atoms with E-state index in [1.807, 2.05) is 44.2 Å². The Morgan fingerprint density at radius 1 is 0.941 bits per heavy atom. The summed E-state index contributed by atoms with van der Waals surface area (Å²) in [4.78, 5) is 42.4. The van der Waals surface area contributed by atoms with E-state index in [0.717, 1.165) is 22.3 Å². The molecule has 0 saturated carbocycles. The van der Waals surface area contributed by atoms with E-state index in [0.29, 0.717) is 24.9 Å². The summed E-state index contributed by atoms with van der Waals surface area (Å²) in [5.41, 5.74) is 25.6. The van der Waals surface area contributed by atoms with Crippen LogP contribution in [-0.2, 0) is 17.9 Å². The number of guanidine groups is 1. The van der Waals surface area contributed by atoms with Gasteiger partial charge in [-0.2, -0.15) is 0 Å². The van der Waals surface area contributed by atoms with Crippen LogP contribution in [0.25, 0.3) is 0 Å². The minimum Gasteiger partial charge on any atom is -0.370 e. The number of amides is 4. The van der Waals surface area contributed by atoms with Crippen LogP contribution < -0.4 is 28.3 Å². The van der Waals surface area contributed by atoms with Crippen LogP contribution in [0.3, 0.4) is 0 Å². The van der Waals surface area contributed by atoms with Crippen molar-refractivity contribution >= 4 is 23.8 Å². The number of urea groups is 1. The van der Waals surface area contributed by atoms with Gasteiger partial charge in [0.2, 0.25) is 5.91 Å². The zero-order valence-electron chi connectivity index (χ0n) is 19.6. The summed E-state index contributed by atoms with van der Waals surface area (Å²) in [5.74, 6) is -0.939. The SMILES string of the molecule is Cc1cc(C)cc(C(=O)N(Cc2ccc(CNC(N)=O)cc2)[C@H](CCCN=C(N)N)C(N)=O)c1. The van der Waals surface area contributed by atoms with E-state index >= 15 is 0 Å². The first-order chi connectivity index (χ1) is 16.1. The third-order valence-corrected chi connectivity index (χ3v) is 5.21. The Kier molecular flexibility index (Phi) is 9.42. The van der Waals surface area contributed by atoms with Crippen LogP contribution in [0.15, 0.2) is 47.5 Å². The molecule has 0 aromatic heterocycles. The highest BCUT2D eigenvalue weighted by Gasteiger charge is 2.29. The van der Waals surface area contributed by atoms with Crippen molar-refractivity contribution in [3.8, 4) is 0 Å². The quantitative estimate of drug-likeness (QED) is 0.187. The molecular weight excluding hydrogens is 434 g/mol. The molecule has 10 heteroatoms. The van der Waals surface area contributed by atoms with Gasteiger partial charge in [-0.1, -0.05) is 41.5 Å². The van der Waals surface area contributed by atoms with Gasteiger partial charge in [-0.05, 0) is 49.9 Å². The van der Waals surface area contributed by atoms with E-state index in [1.165, 1.54) is 4.90 Å². The topological polar surface area (TPSA) is 183 Å². The van der Waals surface area contributed by atoms with Gasteiger partial charge >= 0.3 is 6.03 Å². The number of aryl methyl sites for hydroxylation is 2. The largest absolute Gasteiger partial charge is 0.370 e. The number of nitrogens with two attached hydrogens (primary N) is 4. The fourth-order valence-electron chi connectivity index (χ4n) is 3.68. The number of nitrogens with zero attached hydrogens (tertiary/aromatic N) is 2. The fourth-order valence-corrected chi connectivity index (χ4v) is 3.68. The zero-order chi connectivity index (χ0) is 25.3. The lowest BCUT2D eigenvalue weighted by molar-refractivity contribution is -0.122. The summed E-state index contributed by atoms with van der Waals surface area (Å²) in [6.45, 7) is 4.60. The smallest absolute Gasteiger partial charge is 0.312 e. The number of primary amides is 2. The van der Waals surface area contributed by atoms with Gasteiger partial charge in [-0.3, -0.25) is 14.6 Å². The van der Waals surface area contributed by atoms with Crippen LogP contribution in [0.1, 0.15) is 45.5 Å². The molecule has 0 radical (unpaired) electrons. The second-order valence-corrected chi connectivity index (χ2v) is 8.21. The molecule has 0 unspecified atom stereocenters. The van der Waals surface area contributed by atoms with Crippen LogP contribution in [0, 0.1) is 13.8 Å². The Hall–Kier alpha value is -4.08. The molecule has 0 heterocycles. The first kappa shape index (κ1) is 26.2. The van der Waals surface area contributed by atoms with Crippen LogP contribution >= 0.6 is 0 Å². The predicted octanol–water partition coefficient (Wildman–Crippen LogP) is 1.02. The molecule has 0 saturated heterocycles. The Labute approximate surface area is 199 Å². The lowest BCUT2D eigenvalue weighted by Gasteiger charge is -2.30. The van der Waals surface area contributed by atoms with Crippen molar-refractivity contribution in [1.29, 1.82) is 0 Å². The van der Waals surface area contributed by atoms with E-state index in [9.17, 15) is 14.4 Å². The highest BCUT2D eigenvalue weighted by molar-refractivity contribution is 5.97. The van der Waals surface area contributed by atoms with Gasteiger partial charge in [-0.15, -0.1) is 0 Å². The number of nitrogens with one attached hydrogen (secondary N) is 1. The van der Waals surface area contributed by atoms with Crippen molar-refractivity contribution in [1.82, 2.24) is 10.2 Å². The van der Waals surface area contributed by atoms with E-state index in [4.69, 9.17) is 22.9 Å². The van der Waals surface area contributed by atoms with Crippen molar-refractivity contribution in [3.05, 3.63) is 70.3 Å². The van der Waals surface area contributed by atoms with Gasteiger partial charge < -0.3 is 33.2 Å². The van der Waals surface area contributed by atoms with Crippen LogP contribution in [0.4, 0.5) is 4.79 Å². The number of carbonyl (C=O) groups is 3. The van der Waals surface area contributed by atoms with E-state index in [2.05, 4.69) is 10.3 Å². The molecule has 10 nitrogen and oxygen atoms in total. The lowest BCUT2D eigenvalue weighted by Crippen LogP contribution is -2.47. The molecule has 0 spiro atoms. The Morgan fingerprint density at radius 2 is 1.53 bits per heavy atom. The third kappa shape index (κ3) is 8.12. The number of aliphatic imine (C=N–C) groups is 1. The number of rotatable bonds is 11. The molecule has 0 fully saturated rings. The highest BCUT2D eigenvalue weighted by atomic mass is 16.2. The molecule has 2 rings (SSSR count). The highest BCUT2D eigenvalue weighted by Crippen LogP contribution is 2.19. The van der Waals surface area contributed by atoms with Crippen LogP contribution in [-0.4, -0.2) is 41.3 Å². The molecule has 2 aromatic carbocycles. The summed E-state index contributed by atoms with van der Waals surface area (Å²) >= 11 is 0. The molecular formula is C24H33N7O3. The van der Waals surface area contributed by atoms with Gasteiger partial charge in [-0.25, -0.2) is 4.79 Å². The van der Waals surface area contributed by atoms with Crippen molar-refractivity contribution in [2.45, 2.75) is 45.8 Å². The van der Waals surface area contributed by atoms with Crippen molar-refractivity contribution < 1.29 is 14.4 Å². The molecule has 0 aliphatic rings. The lowest BCUT2D eigenvalue weighted by atomic mass is 10.0. The zero-order valence-corrected chi connectivity index (χ0v) is 19.6. The molecule has 0 aliphatic carbocycles. The van der Waals surface area contributed by atoms with Crippen molar-refractivity contribution in [2.24, 2.45) is 27.9 Å². The van der Waals surface area contributed by atoms with Crippen LogP contribution in [0.5, 0.6) is 0 Å². The summed E-state index contributed by atoms with van der Waals surface area (Å²) in [6, 6.07) is 11.4. The van der Waals surface area contributed by atoms with Gasteiger partial charge in [0.25, 0.3) is 5.91 Å². The number of carbonyl (C=O) groups excluding carboxylic acids is 3. The molecule has 1 atom stereocenters. The van der Waals surface area contributed by atoms with Crippen LogP contribution in [0.2, 0.25) is 0 Å². The van der Waals surface area contributed by atoms with Crippen molar-refractivity contribution in [2.75, 3.05) is 6.54 Å². The molecule has 182 valence electrons. The number of hydrogen-bond donors (Lipinski definition) is 5. The van der Waals surface area contributed by atoms with Gasteiger partial charge in [0.15, 0.2) is 5.96 Å². The molecule has 0 bridgehead atoms. The summed E-state index contributed by atoms with van der Waals surface area (Å²) in [7, 11) is 0. The Bertz CT molecular complexity index is 1030. The first-order valence-electron chi connectivity index (χ1n) is 10.9. The van der Waals surface area contributed by atoms with Gasteiger partial charge in [0.05, 0.1) is 0 Å². The third-order valence-electron chi connectivity index (χ3n) is 5.21. The van der Waals surface area contributed by atoms with E-state index < -0.39 is 18.0 Å². The van der Waals surface area contributed by atoms with E-state index in [-0.39, 0.29) is 25.0 Å². The van der Waals surface area contributed by atoms with Gasteiger partial charge in [0.1, 0.15) is 6.04 Å². The minimum atomic E-state index is -0.848. The average Bonchev–Trinajstić information content (AvgIpc) is 2.75. The summed E-state index contributed by atoms with van der Waals surface area (Å²) < 4.78 is 0. The predicted molar refractivity (Wildman–Crippen MR) is 132 cm³/mol. The number of hydrogen-bond acceptors (Lipinski definition) is 4. The standard InChI is InChI=1S/C24H33N7O3/c1-15-10-16(2)12-19(11-15)22(33)31(20(21(25)32)4-3-9-29-23(26)27)14-18-7-5-17(6-8-18)13-30-24(28)34/h5-8,10-12,20H,3-4,9,13-14H2,1-2H3,(H2,25,32)(H4,26,27,29)(H3,28,30,34)/t20-/m1/s1. The molecule has 0 aliphatic heterocycles. The maximum Gasteiger partial charge on any atom is 0.312 e. The normalized spacial score (nSPS) is 11.4. The second kappa shape index (κ2) is 12.2.